The predicted molar refractivity (Wildman–Crippen MR) is 294 cm³/mol. The highest BCUT2D eigenvalue weighted by Crippen LogP contribution is 2.52. The van der Waals surface area contributed by atoms with Crippen molar-refractivity contribution in [2.75, 3.05) is 9.80 Å². The van der Waals surface area contributed by atoms with Gasteiger partial charge in [-0.15, -0.1) is 34.0 Å². The van der Waals surface area contributed by atoms with Crippen LogP contribution in [0.1, 0.15) is 74.9 Å². The molecule has 0 fully saturated rings. The first kappa shape index (κ1) is 41.5. The van der Waals surface area contributed by atoms with Crippen molar-refractivity contribution in [2.24, 2.45) is 0 Å². The molecule has 0 bridgehead atoms. The first-order valence-electron chi connectivity index (χ1n) is 23.3. The molecular weight excluding hydrogens is 856 g/mol. The van der Waals surface area contributed by atoms with Crippen LogP contribution >= 0.6 is 34.0 Å². The molecule has 0 atom stereocenters. The van der Waals surface area contributed by atoms with Gasteiger partial charge in [0.1, 0.15) is 0 Å². The molecule has 2 aliphatic rings. The third-order valence-corrected chi connectivity index (χ3v) is 17.5. The van der Waals surface area contributed by atoms with Gasteiger partial charge in [0.15, 0.2) is 0 Å². The fourth-order valence-corrected chi connectivity index (χ4v) is 14.4. The van der Waals surface area contributed by atoms with Gasteiger partial charge in [0.25, 0.3) is 6.71 Å². The van der Waals surface area contributed by atoms with Crippen molar-refractivity contribution in [1.82, 2.24) is 0 Å². The number of nitrogens with zero attached hydrogens (tertiary/aromatic N) is 2. The van der Waals surface area contributed by atoms with Crippen LogP contribution in [0.25, 0.3) is 52.5 Å². The number of aryl methyl sites for hydroxylation is 4. The molecule has 2 aliphatic heterocycles. The number of thiophene rings is 3. The van der Waals surface area contributed by atoms with Crippen LogP contribution in [0.5, 0.6) is 0 Å². The van der Waals surface area contributed by atoms with E-state index in [0.717, 1.165) is 0 Å². The van der Waals surface area contributed by atoms with E-state index < -0.39 is 0 Å². The molecule has 0 aliphatic carbocycles. The maximum Gasteiger partial charge on any atom is 0.264 e. The van der Waals surface area contributed by atoms with Crippen LogP contribution in [-0.4, -0.2) is 6.71 Å². The molecule has 10 aromatic rings. The summed E-state index contributed by atoms with van der Waals surface area (Å²) in [6.45, 7) is 23.3. The Kier molecular flexibility index (Phi) is 9.30. The SMILES string of the molecule is Cc1cc(C(C)(C)C)cc(C)c1N1c2cc(-c3csc4ccccc34)ccc2B2c3sc4ccc(C(C)(C)C)cc4c3N(c3c(C)cc(-c4csc5ccccc45)cc3C)c3cccc1c32. The molecule has 0 N–H and O–H groups in total. The Labute approximate surface area is 401 Å². The molecule has 12 rings (SSSR count). The second-order valence-corrected chi connectivity index (χ2v) is 23.7. The lowest BCUT2D eigenvalue weighted by Gasteiger charge is -2.44. The third kappa shape index (κ3) is 6.25. The molecule has 5 heterocycles. The molecule has 2 nitrogen and oxygen atoms in total. The lowest BCUT2D eigenvalue weighted by Crippen LogP contribution is -2.60. The number of rotatable bonds is 4. The van der Waals surface area contributed by atoms with Crippen molar-refractivity contribution >= 4 is 121 Å². The fourth-order valence-electron chi connectivity index (χ4n) is 11.1. The molecule has 0 amide bonds. The summed E-state index contributed by atoms with van der Waals surface area (Å²) in [5, 5.41) is 8.66. The van der Waals surface area contributed by atoms with Gasteiger partial charge in [-0.1, -0.05) is 114 Å². The fraction of sp³-hybridized carbons (Fsp3) is 0.200. The maximum absolute atomic E-state index is 2.67. The van der Waals surface area contributed by atoms with E-state index in [0.29, 0.717) is 0 Å². The Balaban J connectivity index is 1.16. The summed E-state index contributed by atoms with van der Waals surface area (Å²) in [6, 6.07) is 49.2. The van der Waals surface area contributed by atoms with Crippen molar-refractivity contribution in [3.63, 3.8) is 0 Å². The highest BCUT2D eigenvalue weighted by molar-refractivity contribution is 7.33. The van der Waals surface area contributed by atoms with E-state index in [4.69, 9.17) is 0 Å². The molecule has 3 aromatic heterocycles. The van der Waals surface area contributed by atoms with E-state index in [2.05, 4.69) is 217 Å². The van der Waals surface area contributed by atoms with Gasteiger partial charge in [-0.05, 0) is 159 Å². The summed E-state index contributed by atoms with van der Waals surface area (Å²) in [4.78, 5) is 5.31. The number of hydrogen-bond acceptors (Lipinski definition) is 5. The van der Waals surface area contributed by atoms with E-state index in [9.17, 15) is 0 Å². The minimum absolute atomic E-state index is 0.00278. The highest BCUT2D eigenvalue weighted by atomic mass is 32.1. The lowest BCUT2D eigenvalue weighted by molar-refractivity contribution is 0.589. The molecule has 0 radical (unpaired) electrons. The van der Waals surface area contributed by atoms with E-state index in [1.807, 2.05) is 34.0 Å². The van der Waals surface area contributed by atoms with Gasteiger partial charge in [-0.2, -0.15) is 0 Å². The zero-order valence-electron chi connectivity index (χ0n) is 39.5. The van der Waals surface area contributed by atoms with Crippen molar-refractivity contribution in [3.8, 4) is 22.3 Å². The zero-order valence-corrected chi connectivity index (χ0v) is 41.9. The van der Waals surface area contributed by atoms with Gasteiger partial charge in [-0.25, -0.2) is 0 Å². The molecule has 324 valence electrons. The maximum atomic E-state index is 2.67. The van der Waals surface area contributed by atoms with Crippen LogP contribution in [-0.2, 0) is 10.8 Å². The standard InChI is InChI=1S/C60H53BN2S3/c1-34-26-39(46-33-65-52-21-14-12-17-43(46)52)27-35(2)56(34)63-49-19-15-18-48-54(49)61(58-57(63)44-31-40(59(5,6)7)23-25-53(44)66-58)47-24-22-38(45-32-64-51-20-13-11-16-42(45)51)30-50(47)62(48)55-36(3)28-41(29-37(55)4)60(8,9)10/h11-33H,1-10H3. The Bertz CT molecular complexity index is 3600. The predicted octanol–water partition coefficient (Wildman–Crippen LogP) is 16.6. The van der Waals surface area contributed by atoms with Crippen LogP contribution < -0.4 is 25.5 Å². The Hall–Kier alpha value is -5.92. The summed E-state index contributed by atoms with van der Waals surface area (Å²) in [7, 11) is 0. The largest absolute Gasteiger partial charge is 0.311 e. The second kappa shape index (κ2) is 14.8. The van der Waals surface area contributed by atoms with E-state index in [-0.39, 0.29) is 17.5 Å². The summed E-state index contributed by atoms with van der Waals surface area (Å²) in [5.41, 5.74) is 23.4. The van der Waals surface area contributed by atoms with Gasteiger partial charge in [-0.3, -0.25) is 0 Å². The average molecular weight is 909 g/mol. The molecular formula is C60H53BN2S3. The van der Waals surface area contributed by atoms with E-state index in [1.54, 1.807) is 0 Å². The number of anilines is 6. The molecule has 66 heavy (non-hydrogen) atoms. The van der Waals surface area contributed by atoms with Gasteiger partial charge >= 0.3 is 0 Å². The smallest absolute Gasteiger partial charge is 0.264 e. The van der Waals surface area contributed by atoms with Gasteiger partial charge < -0.3 is 9.80 Å². The minimum atomic E-state index is 0.00278. The Morgan fingerprint density at radius 2 is 1.00 bits per heavy atom. The summed E-state index contributed by atoms with van der Waals surface area (Å²) in [6.07, 6.45) is 0. The van der Waals surface area contributed by atoms with Crippen molar-refractivity contribution in [3.05, 3.63) is 172 Å². The van der Waals surface area contributed by atoms with E-state index in [1.165, 1.54) is 136 Å². The molecule has 0 unspecified atom stereocenters. The summed E-state index contributed by atoms with van der Waals surface area (Å²) >= 11 is 5.66. The first-order valence-corrected chi connectivity index (χ1v) is 25.8. The highest BCUT2D eigenvalue weighted by Gasteiger charge is 2.46. The van der Waals surface area contributed by atoms with Gasteiger partial charge in [0, 0.05) is 63.2 Å². The Morgan fingerprint density at radius 1 is 0.439 bits per heavy atom. The number of fused-ring (bicyclic) bond motifs is 8. The van der Waals surface area contributed by atoms with Gasteiger partial charge in [0.05, 0.1) is 17.1 Å². The van der Waals surface area contributed by atoms with Crippen LogP contribution in [0.3, 0.4) is 0 Å². The van der Waals surface area contributed by atoms with E-state index >= 15 is 0 Å². The third-order valence-electron chi connectivity index (χ3n) is 14.3. The molecule has 0 saturated heterocycles. The van der Waals surface area contributed by atoms with Crippen LogP contribution in [0, 0.1) is 27.7 Å². The minimum Gasteiger partial charge on any atom is -0.311 e. The zero-order chi connectivity index (χ0) is 45.6. The topological polar surface area (TPSA) is 6.48 Å². The van der Waals surface area contributed by atoms with Crippen molar-refractivity contribution < 1.29 is 0 Å². The van der Waals surface area contributed by atoms with Crippen LogP contribution in [0.15, 0.2) is 138 Å². The summed E-state index contributed by atoms with van der Waals surface area (Å²) in [5.74, 6) is 0. The summed E-state index contributed by atoms with van der Waals surface area (Å²) < 4.78 is 5.39. The monoisotopic (exact) mass is 908 g/mol. The van der Waals surface area contributed by atoms with Crippen LogP contribution in [0.2, 0.25) is 0 Å². The molecule has 0 saturated carbocycles. The van der Waals surface area contributed by atoms with Crippen molar-refractivity contribution in [1.29, 1.82) is 0 Å². The molecule has 0 spiro atoms. The lowest BCUT2D eigenvalue weighted by atomic mass is 9.36. The average Bonchev–Trinajstić information content (AvgIpc) is 4.02. The first-order chi connectivity index (χ1) is 31.7. The normalized spacial score (nSPS) is 13.5. The number of benzene rings is 7. The quantitative estimate of drug-likeness (QED) is 0.162. The Morgan fingerprint density at radius 3 is 1.62 bits per heavy atom. The number of hydrogen-bond donors (Lipinski definition) is 0. The van der Waals surface area contributed by atoms with Crippen molar-refractivity contribution in [2.45, 2.75) is 80.1 Å². The second-order valence-electron chi connectivity index (χ2n) is 20.8. The molecule has 7 aromatic carbocycles. The van der Waals surface area contributed by atoms with Crippen LogP contribution in [0.4, 0.5) is 34.1 Å². The molecule has 6 heteroatoms. The van der Waals surface area contributed by atoms with Gasteiger partial charge in [0.2, 0.25) is 0 Å².